The fourth-order valence-electron chi connectivity index (χ4n) is 1.55. The highest BCUT2D eigenvalue weighted by molar-refractivity contribution is 7.90. The molecular weight excluding hydrogens is 258 g/mol. The maximum atomic E-state index is 11.1. The van der Waals surface area contributed by atoms with E-state index in [2.05, 4.69) is 21.8 Å². The molecule has 0 aliphatic rings. The van der Waals surface area contributed by atoms with E-state index in [0.29, 0.717) is 6.42 Å². The number of sulfone groups is 1. The van der Waals surface area contributed by atoms with Gasteiger partial charge in [0.05, 0.1) is 11.7 Å². The first-order valence-corrected chi connectivity index (χ1v) is 8.60. The Bertz CT molecular complexity index is 403. The van der Waals surface area contributed by atoms with Gasteiger partial charge in [-0.15, -0.1) is 5.10 Å². The Morgan fingerprint density at radius 2 is 2.29 bits per heavy atom. The molecule has 1 aromatic rings. The summed E-state index contributed by atoms with van der Waals surface area (Å²) in [5, 5.41) is 9.32. The van der Waals surface area contributed by atoms with E-state index < -0.39 is 9.84 Å². The third kappa shape index (κ3) is 6.09. The van der Waals surface area contributed by atoms with Crippen molar-refractivity contribution in [2.24, 2.45) is 0 Å². The average molecular weight is 277 g/mol. The fourth-order valence-corrected chi connectivity index (χ4v) is 2.75. The van der Waals surface area contributed by atoms with Crippen LogP contribution in [-0.2, 0) is 9.84 Å². The van der Waals surface area contributed by atoms with Crippen LogP contribution in [0.3, 0.4) is 0 Å². The molecular formula is C10H19N3O2S2. The molecule has 1 N–H and O–H groups in total. The molecule has 0 saturated carbocycles. The van der Waals surface area contributed by atoms with Gasteiger partial charge in [0.1, 0.15) is 9.84 Å². The summed E-state index contributed by atoms with van der Waals surface area (Å²) in [7, 11) is -2.87. The van der Waals surface area contributed by atoms with E-state index in [9.17, 15) is 8.42 Å². The molecule has 7 heteroatoms. The number of hydrogen-bond donors (Lipinski definition) is 1. The van der Waals surface area contributed by atoms with Gasteiger partial charge in [0.25, 0.3) is 0 Å². The minimum atomic E-state index is -2.87. The van der Waals surface area contributed by atoms with E-state index in [1.165, 1.54) is 17.8 Å². The van der Waals surface area contributed by atoms with Crippen molar-refractivity contribution < 1.29 is 8.42 Å². The third-order valence-corrected chi connectivity index (χ3v) is 3.94. The number of nitrogens with one attached hydrogen (secondary N) is 1. The molecule has 5 nitrogen and oxygen atoms in total. The van der Waals surface area contributed by atoms with Gasteiger partial charge in [0, 0.05) is 17.4 Å². The molecule has 98 valence electrons. The van der Waals surface area contributed by atoms with Crippen LogP contribution in [0.4, 0.5) is 0 Å². The highest BCUT2D eigenvalue weighted by Gasteiger charge is 2.14. The Balaban J connectivity index is 2.47. The first-order valence-electron chi connectivity index (χ1n) is 5.71. The summed E-state index contributed by atoms with van der Waals surface area (Å²) in [6.07, 6.45) is 3.74. The van der Waals surface area contributed by atoms with Gasteiger partial charge >= 0.3 is 0 Å². The van der Waals surface area contributed by atoms with Crippen LogP contribution in [-0.4, -0.2) is 36.6 Å². The van der Waals surface area contributed by atoms with Crippen LogP contribution in [0.2, 0.25) is 0 Å². The number of rotatable bonds is 8. The Kier molecular flexibility index (Phi) is 6.01. The second-order valence-corrected chi connectivity index (χ2v) is 6.98. The smallest absolute Gasteiger partial charge is 0.147 e. The number of hydrogen-bond acceptors (Lipinski definition) is 6. The minimum absolute atomic E-state index is 0.121. The maximum absolute atomic E-state index is 11.1. The van der Waals surface area contributed by atoms with Crippen molar-refractivity contribution in [2.75, 3.05) is 18.6 Å². The van der Waals surface area contributed by atoms with Crippen molar-refractivity contribution >= 4 is 21.4 Å². The van der Waals surface area contributed by atoms with Crippen molar-refractivity contribution in [3.05, 3.63) is 11.1 Å². The normalized spacial score (nSPS) is 13.8. The van der Waals surface area contributed by atoms with Crippen LogP contribution >= 0.6 is 11.5 Å². The molecule has 0 aromatic carbocycles. The Morgan fingerprint density at radius 3 is 2.82 bits per heavy atom. The lowest BCUT2D eigenvalue weighted by Gasteiger charge is -2.15. The Morgan fingerprint density at radius 1 is 1.53 bits per heavy atom. The zero-order valence-corrected chi connectivity index (χ0v) is 11.9. The molecule has 1 atom stereocenters. The zero-order chi connectivity index (χ0) is 12.7. The van der Waals surface area contributed by atoms with Gasteiger partial charge < -0.3 is 5.32 Å². The summed E-state index contributed by atoms with van der Waals surface area (Å²) in [6, 6.07) is 0.121. The molecule has 0 fully saturated rings. The summed E-state index contributed by atoms with van der Waals surface area (Å²) in [6.45, 7) is 3.00. The van der Waals surface area contributed by atoms with Crippen molar-refractivity contribution in [3.63, 3.8) is 0 Å². The van der Waals surface area contributed by atoms with E-state index in [0.717, 1.165) is 25.1 Å². The fraction of sp³-hybridized carbons (Fsp3) is 0.800. The predicted molar refractivity (Wildman–Crippen MR) is 69.9 cm³/mol. The van der Waals surface area contributed by atoms with Crippen molar-refractivity contribution in [1.29, 1.82) is 0 Å². The molecule has 0 aliphatic carbocycles. The summed E-state index contributed by atoms with van der Waals surface area (Å²) >= 11 is 1.32. The molecule has 17 heavy (non-hydrogen) atoms. The standard InChI is InChI=1S/C10H19N3O2S2/c1-3-6-11-9(10-8-16-13-12-10)5-4-7-17(2,14)15/h8-9,11H,3-7H2,1-2H3. The monoisotopic (exact) mass is 277 g/mol. The van der Waals surface area contributed by atoms with Crippen molar-refractivity contribution in [1.82, 2.24) is 14.9 Å². The molecule has 0 aliphatic heterocycles. The van der Waals surface area contributed by atoms with E-state index >= 15 is 0 Å². The first kappa shape index (κ1) is 14.5. The molecule has 0 spiro atoms. The molecule has 0 saturated heterocycles. The van der Waals surface area contributed by atoms with Gasteiger partial charge in [0.15, 0.2) is 0 Å². The lowest BCUT2D eigenvalue weighted by atomic mass is 10.1. The zero-order valence-electron chi connectivity index (χ0n) is 10.2. The van der Waals surface area contributed by atoms with Gasteiger partial charge in [-0.3, -0.25) is 0 Å². The first-order chi connectivity index (χ1) is 8.03. The van der Waals surface area contributed by atoms with Gasteiger partial charge in [-0.25, -0.2) is 8.42 Å². The highest BCUT2D eigenvalue weighted by Crippen LogP contribution is 2.17. The van der Waals surface area contributed by atoms with Gasteiger partial charge in [-0.2, -0.15) is 0 Å². The van der Waals surface area contributed by atoms with Crippen LogP contribution in [0, 0.1) is 0 Å². The maximum Gasteiger partial charge on any atom is 0.147 e. The molecule has 1 rings (SSSR count). The van der Waals surface area contributed by atoms with Crippen LogP contribution in [0.1, 0.15) is 37.9 Å². The Hall–Kier alpha value is -0.530. The molecule has 1 unspecified atom stereocenters. The summed E-state index contributed by atoms with van der Waals surface area (Å²) in [5.41, 5.74) is 0.914. The average Bonchev–Trinajstić information content (AvgIpc) is 2.74. The molecule has 1 heterocycles. The van der Waals surface area contributed by atoms with Gasteiger partial charge in [0.2, 0.25) is 0 Å². The lowest BCUT2D eigenvalue weighted by Crippen LogP contribution is -2.23. The quantitative estimate of drug-likeness (QED) is 0.777. The number of nitrogens with zero attached hydrogens (tertiary/aromatic N) is 2. The van der Waals surface area contributed by atoms with Gasteiger partial charge in [-0.05, 0) is 37.3 Å². The van der Waals surface area contributed by atoms with E-state index in [4.69, 9.17) is 0 Å². The molecule has 0 amide bonds. The number of aromatic nitrogens is 2. The SMILES string of the molecule is CCCNC(CCCS(C)(=O)=O)c1csnn1. The predicted octanol–water partition coefficient (Wildman–Crippen LogP) is 1.40. The molecule has 0 radical (unpaired) electrons. The van der Waals surface area contributed by atoms with E-state index in [-0.39, 0.29) is 11.8 Å². The van der Waals surface area contributed by atoms with E-state index in [1.807, 2.05) is 5.38 Å². The minimum Gasteiger partial charge on any atom is -0.309 e. The van der Waals surface area contributed by atoms with Crippen molar-refractivity contribution in [2.45, 2.75) is 32.2 Å². The van der Waals surface area contributed by atoms with Crippen LogP contribution in [0.15, 0.2) is 5.38 Å². The van der Waals surface area contributed by atoms with Crippen LogP contribution < -0.4 is 5.32 Å². The molecule has 0 bridgehead atoms. The third-order valence-electron chi connectivity index (χ3n) is 2.38. The summed E-state index contributed by atoms with van der Waals surface area (Å²) < 4.78 is 26.0. The second-order valence-electron chi connectivity index (χ2n) is 4.11. The van der Waals surface area contributed by atoms with Crippen molar-refractivity contribution in [3.8, 4) is 0 Å². The topological polar surface area (TPSA) is 72.0 Å². The molecule has 1 aromatic heterocycles. The summed E-state index contributed by atoms with van der Waals surface area (Å²) in [4.78, 5) is 0. The lowest BCUT2D eigenvalue weighted by molar-refractivity contribution is 0.482. The van der Waals surface area contributed by atoms with E-state index in [1.54, 1.807) is 0 Å². The highest BCUT2D eigenvalue weighted by atomic mass is 32.2. The second kappa shape index (κ2) is 7.03. The largest absolute Gasteiger partial charge is 0.309 e. The summed E-state index contributed by atoms with van der Waals surface area (Å²) in [5.74, 6) is 0.231. The Labute approximate surface area is 107 Å². The van der Waals surface area contributed by atoms with Crippen LogP contribution in [0.5, 0.6) is 0 Å². The van der Waals surface area contributed by atoms with Gasteiger partial charge in [-0.1, -0.05) is 11.4 Å². The van der Waals surface area contributed by atoms with Crippen LogP contribution in [0.25, 0.3) is 0 Å².